The van der Waals surface area contributed by atoms with Gasteiger partial charge in [0.1, 0.15) is 0 Å². The van der Waals surface area contributed by atoms with E-state index in [0.29, 0.717) is 19.2 Å². The van der Waals surface area contributed by atoms with E-state index in [4.69, 9.17) is 9.47 Å². The van der Waals surface area contributed by atoms with Crippen molar-refractivity contribution in [3.63, 3.8) is 0 Å². The number of methoxy groups -OCH3 is 1. The Hall–Kier alpha value is -1.20. The number of aryl methyl sites for hydroxylation is 1. The monoisotopic (exact) mass is 239 g/mol. The number of rotatable bonds is 8. The Morgan fingerprint density at radius 3 is 2.82 bits per heavy atom. The largest absolute Gasteiger partial charge is 0.463 e. The second-order valence-electron chi connectivity index (χ2n) is 3.74. The van der Waals surface area contributed by atoms with Gasteiger partial charge >= 0.3 is 6.01 Å². The van der Waals surface area contributed by atoms with Gasteiger partial charge in [-0.15, -0.1) is 0 Å². The zero-order valence-electron chi connectivity index (χ0n) is 10.8. The summed E-state index contributed by atoms with van der Waals surface area (Å²) >= 11 is 0. The summed E-state index contributed by atoms with van der Waals surface area (Å²) in [5, 5.41) is 3.25. The second-order valence-corrected chi connectivity index (χ2v) is 3.74. The summed E-state index contributed by atoms with van der Waals surface area (Å²) in [5.74, 6) is 0. The van der Waals surface area contributed by atoms with Crippen molar-refractivity contribution in [2.45, 2.75) is 26.8 Å². The summed E-state index contributed by atoms with van der Waals surface area (Å²) in [4.78, 5) is 8.49. The third kappa shape index (κ3) is 5.10. The summed E-state index contributed by atoms with van der Waals surface area (Å²) in [5.41, 5.74) is 2.07. The lowest BCUT2D eigenvalue weighted by Crippen LogP contribution is -2.14. The van der Waals surface area contributed by atoms with Crippen LogP contribution in [0.15, 0.2) is 6.20 Å². The highest BCUT2D eigenvalue weighted by atomic mass is 16.5. The first-order chi connectivity index (χ1) is 8.27. The molecular weight excluding hydrogens is 218 g/mol. The van der Waals surface area contributed by atoms with Crippen molar-refractivity contribution < 1.29 is 9.47 Å². The van der Waals surface area contributed by atoms with E-state index < -0.39 is 0 Å². The standard InChI is InChI=1S/C12H21N3O2/c1-4-13-8-11-9-14-12(15-10(11)2)17-7-5-6-16-3/h9,13H,4-8H2,1-3H3. The molecule has 0 bridgehead atoms. The molecule has 0 aliphatic rings. The van der Waals surface area contributed by atoms with E-state index in [1.165, 1.54) is 0 Å². The Balaban J connectivity index is 2.44. The highest BCUT2D eigenvalue weighted by Crippen LogP contribution is 2.08. The van der Waals surface area contributed by atoms with Crippen molar-refractivity contribution in [1.29, 1.82) is 0 Å². The lowest BCUT2D eigenvalue weighted by atomic mass is 10.2. The molecule has 17 heavy (non-hydrogen) atoms. The van der Waals surface area contributed by atoms with Gasteiger partial charge in [0.25, 0.3) is 0 Å². The van der Waals surface area contributed by atoms with Crippen molar-refractivity contribution in [1.82, 2.24) is 15.3 Å². The molecule has 0 spiro atoms. The van der Waals surface area contributed by atoms with Gasteiger partial charge in [0.15, 0.2) is 0 Å². The minimum absolute atomic E-state index is 0.443. The average Bonchev–Trinajstić information content (AvgIpc) is 2.34. The maximum Gasteiger partial charge on any atom is 0.316 e. The molecule has 1 aromatic heterocycles. The third-order valence-electron chi connectivity index (χ3n) is 2.35. The molecule has 0 unspecified atom stereocenters. The number of aromatic nitrogens is 2. The fraction of sp³-hybridized carbons (Fsp3) is 0.667. The lowest BCUT2D eigenvalue weighted by Gasteiger charge is -2.08. The van der Waals surface area contributed by atoms with Crippen molar-refractivity contribution in [2.75, 3.05) is 26.9 Å². The van der Waals surface area contributed by atoms with Crippen LogP contribution in [0.5, 0.6) is 6.01 Å². The van der Waals surface area contributed by atoms with Crippen molar-refractivity contribution in [3.05, 3.63) is 17.5 Å². The molecular formula is C12H21N3O2. The Labute approximate surface area is 103 Å². The van der Waals surface area contributed by atoms with Gasteiger partial charge in [0.05, 0.1) is 6.61 Å². The van der Waals surface area contributed by atoms with Gasteiger partial charge in [-0.05, 0) is 13.5 Å². The first kappa shape index (κ1) is 13.9. The molecule has 1 rings (SSSR count). The lowest BCUT2D eigenvalue weighted by molar-refractivity contribution is 0.168. The van der Waals surface area contributed by atoms with Crippen LogP contribution in [-0.2, 0) is 11.3 Å². The molecule has 0 aromatic carbocycles. The Kier molecular flexibility index (Phi) is 6.50. The van der Waals surface area contributed by atoms with E-state index in [2.05, 4.69) is 22.2 Å². The highest BCUT2D eigenvalue weighted by Gasteiger charge is 2.03. The van der Waals surface area contributed by atoms with E-state index in [0.717, 1.165) is 30.8 Å². The molecule has 96 valence electrons. The van der Waals surface area contributed by atoms with E-state index in [9.17, 15) is 0 Å². The zero-order chi connectivity index (χ0) is 12.5. The van der Waals surface area contributed by atoms with E-state index in [1.807, 2.05) is 13.1 Å². The minimum Gasteiger partial charge on any atom is -0.463 e. The van der Waals surface area contributed by atoms with E-state index in [1.54, 1.807) is 7.11 Å². The Bertz CT molecular complexity index is 332. The third-order valence-corrected chi connectivity index (χ3v) is 2.35. The minimum atomic E-state index is 0.443. The Morgan fingerprint density at radius 1 is 1.35 bits per heavy atom. The number of ether oxygens (including phenoxy) is 2. The van der Waals surface area contributed by atoms with Gasteiger partial charge in [-0.3, -0.25) is 0 Å². The molecule has 5 nitrogen and oxygen atoms in total. The SMILES string of the molecule is CCNCc1cnc(OCCCOC)nc1C. The molecule has 1 heterocycles. The fourth-order valence-electron chi connectivity index (χ4n) is 1.34. The summed E-state index contributed by atoms with van der Waals surface area (Å²) in [6, 6.07) is 0.443. The van der Waals surface area contributed by atoms with Gasteiger partial charge in [-0.25, -0.2) is 9.97 Å². The predicted molar refractivity (Wildman–Crippen MR) is 66.1 cm³/mol. The van der Waals surface area contributed by atoms with Crippen molar-refractivity contribution in [3.8, 4) is 6.01 Å². The summed E-state index contributed by atoms with van der Waals surface area (Å²) in [6.45, 7) is 7.05. The van der Waals surface area contributed by atoms with Crippen LogP contribution in [0.25, 0.3) is 0 Å². The van der Waals surface area contributed by atoms with Crippen molar-refractivity contribution in [2.24, 2.45) is 0 Å². The predicted octanol–water partition coefficient (Wildman–Crippen LogP) is 1.31. The molecule has 5 heteroatoms. The topological polar surface area (TPSA) is 56.3 Å². The van der Waals surface area contributed by atoms with Gasteiger partial charge in [0, 0.05) is 44.1 Å². The summed E-state index contributed by atoms with van der Waals surface area (Å²) in [7, 11) is 1.68. The molecule has 0 aliphatic carbocycles. The normalized spacial score (nSPS) is 10.5. The maximum absolute atomic E-state index is 5.43. The van der Waals surface area contributed by atoms with Gasteiger partial charge in [0.2, 0.25) is 0 Å². The van der Waals surface area contributed by atoms with Crippen LogP contribution in [0.1, 0.15) is 24.6 Å². The highest BCUT2D eigenvalue weighted by molar-refractivity contribution is 5.17. The summed E-state index contributed by atoms with van der Waals surface area (Å²) < 4.78 is 10.4. The number of nitrogens with zero attached hydrogens (tertiary/aromatic N) is 2. The van der Waals surface area contributed by atoms with Crippen molar-refractivity contribution >= 4 is 0 Å². The number of hydrogen-bond acceptors (Lipinski definition) is 5. The maximum atomic E-state index is 5.43. The van der Waals surface area contributed by atoms with Crippen LogP contribution in [0.3, 0.4) is 0 Å². The van der Waals surface area contributed by atoms with Crippen LogP contribution in [0, 0.1) is 6.92 Å². The zero-order valence-corrected chi connectivity index (χ0v) is 10.8. The second kappa shape index (κ2) is 7.97. The first-order valence-corrected chi connectivity index (χ1v) is 5.93. The smallest absolute Gasteiger partial charge is 0.316 e. The van der Waals surface area contributed by atoms with Gasteiger partial charge < -0.3 is 14.8 Å². The molecule has 0 saturated carbocycles. The average molecular weight is 239 g/mol. The van der Waals surface area contributed by atoms with E-state index >= 15 is 0 Å². The molecule has 0 aliphatic heterocycles. The number of hydrogen-bond donors (Lipinski definition) is 1. The molecule has 0 fully saturated rings. The van der Waals surface area contributed by atoms with Crippen LogP contribution in [0.4, 0.5) is 0 Å². The molecule has 0 radical (unpaired) electrons. The van der Waals surface area contributed by atoms with Crippen LogP contribution >= 0.6 is 0 Å². The van der Waals surface area contributed by atoms with Crippen LogP contribution < -0.4 is 10.1 Å². The van der Waals surface area contributed by atoms with E-state index in [-0.39, 0.29) is 0 Å². The quantitative estimate of drug-likeness (QED) is 0.693. The van der Waals surface area contributed by atoms with Crippen LogP contribution in [0.2, 0.25) is 0 Å². The molecule has 0 amide bonds. The van der Waals surface area contributed by atoms with Gasteiger partial charge in [-0.2, -0.15) is 0 Å². The fourth-order valence-corrected chi connectivity index (χ4v) is 1.34. The molecule has 1 aromatic rings. The molecule has 1 N–H and O–H groups in total. The first-order valence-electron chi connectivity index (χ1n) is 5.93. The summed E-state index contributed by atoms with van der Waals surface area (Å²) in [6.07, 6.45) is 2.66. The Morgan fingerprint density at radius 2 is 2.18 bits per heavy atom. The molecule has 0 saturated heterocycles. The van der Waals surface area contributed by atoms with Gasteiger partial charge in [-0.1, -0.05) is 6.92 Å². The number of nitrogens with one attached hydrogen (secondary N) is 1. The molecule has 0 atom stereocenters. The van der Waals surface area contributed by atoms with Crippen LogP contribution in [-0.4, -0.2) is 36.8 Å².